The first-order valence-electron chi connectivity index (χ1n) is 4.95. The van der Waals surface area contributed by atoms with Crippen LogP contribution in [0.3, 0.4) is 0 Å². The molecule has 0 amide bonds. The second-order valence-electron chi connectivity index (χ2n) is 3.30. The summed E-state index contributed by atoms with van der Waals surface area (Å²) in [5.41, 5.74) is 2.44. The molecule has 0 saturated heterocycles. The molecule has 0 radical (unpaired) electrons. The molecular formula is C11H18N2. The van der Waals surface area contributed by atoms with Crippen molar-refractivity contribution < 1.29 is 0 Å². The SMILES string of the molecule is CCCCNCc1ncccc1C. The Morgan fingerprint density at radius 1 is 1.46 bits per heavy atom. The quantitative estimate of drug-likeness (QED) is 0.700. The van der Waals surface area contributed by atoms with Crippen LogP contribution in [0, 0.1) is 6.92 Å². The molecule has 1 aromatic heterocycles. The Bertz CT molecular complexity index is 246. The summed E-state index contributed by atoms with van der Waals surface area (Å²) < 4.78 is 0. The van der Waals surface area contributed by atoms with Gasteiger partial charge in [-0.05, 0) is 31.5 Å². The molecule has 1 N–H and O–H groups in total. The molecule has 1 rings (SSSR count). The molecule has 1 heterocycles. The number of hydrogen-bond donors (Lipinski definition) is 1. The fourth-order valence-electron chi connectivity index (χ4n) is 1.21. The molecular weight excluding hydrogens is 160 g/mol. The predicted octanol–water partition coefficient (Wildman–Crippen LogP) is 2.28. The molecule has 0 aliphatic carbocycles. The van der Waals surface area contributed by atoms with E-state index in [1.807, 2.05) is 12.3 Å². The van der Waals surface area contributed by atoms with Crippen molar-refractivity contribution in [3.05, 3.63) is 29.6 Å². The summed E-state index contributed by atoms with van der Waals surface area (Å²) in [4.78, 5) is 4.31. The summed E-state index contributed by atoms with van der Waals surface area (Å²) >= 11 is 0. The third kappa shape index (κ3) is 3.55. The van der Waals surface area contributed by atoms with Crippen molar-refractivity contribution in [2.75, 3.05) is 6.54 Å². The molecule has 0 aliphatic heterocycles. The van der Waals surface area contributed by atoms with E-state index in [0.29, 0.717) is 0 Å². The number of aryl methyl sites for hydroxylation is 1. The van der Waals surface area contributed by atoms with Crippen molar-refractivity contribution in [3.63, 3.8) is 0 Å². The van der Waals surface area contributed by atoms with Crippen molar-refractivity contribution in [1.82, 2.24) is 10.3 Å². The molecule has 0 saturated carbocycles. The lowest BCUT2D eigenvalue weighted by Gasteiger charge is -2.05. The van der Waals surface area contributed by atoms with Crippen LogP contribution in [-0.4, -0.2) is 11.5 Å². The Kier molecular flexibility index (Phi) is 4.47. The van der Waals surface area contributed by atoms with Crippen LogP contribution < -0.4 is 5.32 Å². The van der Waals surface area contributed by atoms with E-state index < -0.39 is 0 Å². The lowest BCUT2D eigenvalue weighted by molar-refractivity contribution is 0.631. The summed E-state index contributed by atoms with van der Waals surface area (Å²) in [5, 5.41) is 3.38. The van der Waals surface area contributed by atoms with Crippen molar-refractivity contribution in [1.29, 1.82) is 0 Å². The van der Waals surface area contributed by atoms with Gasteiger partial charge in [0.1, 0.15) is 0 Å². The van der Waals surface area contributed by atoms with E-state index in [1.54, 1.807) is 0 Å². The predicted molar refractivity (Wildman–Crippen MR) is 55.6 cm³/mol. The largest absolute Gasteiger partial charge is 0.311 e. The van der Waals surface area contributed by atoms with Crippen LogP contribution in [0.25, 0.3) is 0 Å². The van der Waals surface area contributed by atoms with Gasteiger partial charge in [-0.15, -0.1) is 0 Å². The molecule has 0 unspecified atom stereocenters. The smallest absolute Gasteiger partial charge is 0.0570 e. The van der Waals surface area contributed by atoms with Gasteiger partial charge in [-0.1, -0.05) is 19.4 Å². The van der Waals surface area contributed by atoms with Gasteiger partial charge in [0.25, 0.3) is 0 Å². The lowest BCUT2D eigenvalue weighted by atomic mass is 10.2. The number of aromatic nitrogens is 1. The number of unbranched alkanes of at least 4 members (excludes halogenated alkanes) is 1. The van der Waals surface area contributed by atoms with Crippen LogP contribution in [0.2, 0.25) is 0 Å². The Morgan fingerprint density at radius 2 is 2.31 bits per heavy atom. The highest BCUT2D eigenvalue weighted by molar-refractivity contribution is 5.17. The highest BCUT2D eigenvalue weighted by Crippen LogP contribution is 2.01. The second kappa shape index (κ2) is 5.70. The van der Waals surface area contributed by atoms with Crippen molar-refractivity contribution in [2.45, 2.75) is 33.2 Å². The molecule has 0 spiro atoms. The summed E-state index contributed by atoms with van der Waals surface area (Å²) in [6.45, 7) is 6.29. The van der Waals surface area contributed by atoms with E-state index in [-0.39, 0.29) is 0 Å². The third-order valence-electron chi connectivity index (χ3n) is 2.12. The standard InChI is InChI=1S/C11H18N2/c1-3-4-7-12-9-11-10(2)6-5-8-13-11/h5-6,8,12H,3-4,7,9H2,1-2H3. The minimum atomic E-state index is 0.896. The first kappa shape index (κ1) is 10.2. The third-order valence-corrected chi connectivity index (χ3v) is 2.12. The number of rotatable bonds is 5. The van der Waals surface area contributed by atoms with E-state index in [1.165, 1.54) is 24.1 Å². The summed E-state index contributed by atoms with van der Waals surface area (Å²) in [5.74, 6) is 0. The maximum absolute atomic E-state index is 4.31. The molecule has 0 atom stereocenters. The van der Waals surface area contributed by atoms with E-state index in [4.69, 9.17) is 0 Å². The van der Waals surface area contributed by atoms with E-state index >= 15 is 0 Å². The Hall–Kier alpha value is -0.890. The highest BCUT2D eigenvalue weighted by atomic mass is 14.9. The average Bonchev–Trinajstić information content (AvgIpc) is 2.15. The van der Waals surface area contributed by atoms with Crippen LogP contribution in [0.4, 0.5) is 0 Å². The number of pyridine rings is 1. The van der Waals surface area contributed by atoms with Gasteiger partial charge in [-0.2, -0.15) is 0 Å². The maximum atomic E-state index is 4.31. The van der Waals surface area contributed by atoms with Gasteiger partial charge in [0.05, 0.1) is 5.69 Å². The molecule has 2 heteroatoms. The fraction of sp³-hybridized carbons (Fsp3) is 0.545. The Balaban J connectivity index is 2.32. The Morgan fingerprint density at radius 3 is 3.00 bits per heavy atom. The molecule has 1 aromatic rings. The van der Waals surface area contributed by atoms with Gasteiger partial charge in [0.15, 0.2) is 0 Å². The first-order chi connectivity index (χ1) is 6.34. The van der Waals surface area contributed by atoms with Gasteiger partial charge in [0, 0.05) is 12.7 Å². The summed E-state index contributed by atoms with van der Waals surface area (Å²) in [6, 6.07) is 4.08. The highest BCUT2D eigenvalue weighted by Gasteiger charge is 1.96. The van der Waals surface area contributed by atoms with Gasteiger partial charge in [-0.25, -0.2) is 0 Å². The number of nitrogens with zero attached hydrogens (tertiary/aromatic N) is 1. The zero-order valence-corrected chi connectivity index (χ0v) is 8.51. The summed E-state index contributed by atoms with van der Waals surface area (Å²) in [6.07, 6.45) is 4.34. The average molecular weight is 178 g/mol. The van der Waals surface area contributed by atoms with Crippen LogP contribution in [0.5, 0.6) is 0 Å². The lowest BCUT2D eigenvalue weighted by Crippen LogP contribution is -2.16. The fourth-order valence-corrected chi connectivity index (χ4v) is 1.21. The zero-order valence-electron chi connectivity index (χ0n) is 8.51. The van der Waals surface area contributed by atoms with Gasteiger partial charge in [-0.3, -0.25) is 4.98 Å². The normalized spacial score (nSPS) is 10.3. The molecule has 2 nitrogen and oxygen atoms in total. The van der Waals surface area contributed by atoms with Gasteiger partial charge >= 0.3 is 0 Å². The molecule has 13 heavy (non-hydrogen) atoms. The van der Waals surface area contributed by atoms with E-state index in [2.05, 4.69) is 30.2 Å². The molecule has 0 bridgehead atoms. The van der Waals surface area contributed by atoms with Crippen LogP contribution in [0.1, 0.15) is 31.0 Å². The van der Waals surface area contributed by atoms with Gasteiger partial charge in [0.2, 0.25) is 0 Å². The van der Waals surface area contributed by atoms with E-state index in [0.717, 1.165) is 13.1 Å². The minimum Gasteiger partial charge on any atom is -0.311 e. The molecule has 72 valence electrons. The molecule has 0 aromatic carbocycles. The molecule has 0 aliphatic rings. The molecule has 0 fully saturated rings. The van der Waals surface area contributed by atoms with Crippen molar-refractivity contribution in [3.8, 4) is 0 Å². The first-order valence-corrected chi connectivity index (χ1v) is 4.95. The van der Waals surface area contributed by atoms with Gasteiger partial charge < -0.3 is 5.32 Å². The zero-order chi connectivity index (χ0) is 9.52. The number of hydrogen-bond acceptors (Lipinski definition) is 2. The van der Waals surface area contributed by atoms with Crippen LogP contribution in [0.15, 0.2) is 18.3 Å². The topological polar surface area (TPSA) is 24.9 Å². The van der Waals surface area contributed by atoms with Crippen molar-refractivity contribution >= 4 is 0 Å². The Labute approximate surface area is 80.4 Å². The number of nitrogens with one attached hydrogen (secondary N) is 1. The van der Waals surface area contributed by atoms with Crippen molar-refractivity contribution in [2.24, 2.45) is 0 Å². The van der Waals surface area contributed by atoms with Crippen LogP contribution >= 0.6 is 0 Å². The van der Waals surface area contributed by atoms with E-state index in [9.17, 15) is 0 Å². The second-order valence-corrected chi connectivity index (χ2v) is 3.30. The minimum absolute atomic E-state index is 0.896. The monoisotopic (exact) mass is 178 g/mol. The maximum Gasteiger partial charge on any atom is 0.0570 e. The summed E-state index contributed by atoms with van der Waals surface area (Å²) in [7, 11) is 0. The van der Waals surface area contributed by atoms with Crippen LogP contribution in [-0.2, 0) is 6.54 Å².